The Bertz CT molecular complexity index is 1060. The van der Waals surface area contributed by atoms with Crippen LogP contribution in [0.2, 0.25) is 0 Å². The van der Waals surface area contributed by atoms with Crippen molar-refractivity contribution in [2.45, 2.75) is 26.4 Å². The van der Waals surface area contributed by atoms with Gasteiger partial charge in [-0.25, -0.2) is 4.79 Å². The second-order valence-corrected chi connectivity index (χ2v) is 7.68. The fourth-order valence-corrected chi connectivity index (χ4v) is 2.57. The van der Waals surface area contributed by atoms with E-state index in [2.05, 4.69) is 15.6 Å². The number of nitrogens with zero attached hydrogens (tertiary/aromatic N) is 1. The van der Waals surface area contributed by atoms with Gasteiger partial charge in [0.05, 0.1) is 5.69 Å². The summed E-state index contributed by atoms with van der Waals surface area (Å²) in [4.78, 5) is 28.0. The quantitative estimate of drug-likeness (QED) is 0.497. The summed E-state index contributed by atoms with van der Waals surface area (Å²) < 4.78 is 11.0. The van der Waals surface area contributed by atoms with Crippen molar-refractivity contribution in [1.82, 2.24) is 4.98 Å². The number of hydrogen-bond donors (Lipinski definition) is 3. The minimum absolute atomic E-state index is 0.307. The van der Waals surface area contributed by atoms with Crippen LogP contribution >= 0.6 is 0 Å². The highest BCUT2D eigenvalue weighted by Gasteiger charge is 2.16. The first-order chi connectivity index (χ1) is 14.7. The molecule has 0 fully saturated rings. The van der Waals surface area contributed by atoms with Gasteiger partial charge in [0, 0.05) is 17.6 Å². The number of amides is 2. The van der Waals surface area contributed by atoms with Crippen LogP contribution in [0.4, 0.5) is 21.9 Å². The van der Waals surface area contributed by atoms with E-state index in [0.29, 0.717) is 34.3 Å². The fourth-order valence-electron chi connectivity index (χ4n) is 2.57. The van der Waals surface area contributed by atoms with Crippen molar-refractivity contribution >= 4 is 29.1 Å². The molecule has 31 heavy (non-hydrogen) atoms. The number of pyridine rings is 1. The molecule has 3 rings (SSSR count). The van der Waals surface area contributed by atoms with Gasteiger partial charge in [0.25, 0.3) is 5.91 Å². The summed E-state index contributed by atoms with van der Waals surface area (Å²) in [6.45, 7) is 5.38. The number of carbonyl (C=O) groups excluding carboxylic acids is 2. The van der Waals surface area contributed by atoms with Crippen LogP contribution in [0.3, 0.4) is 0 Å². The van der Waals surface area contributed by atoms with Crippen LogP contribution in [0.25, 0.3) is 0 Å². The Morgan fingerprint density at radius 3 is 2.26 bits per heavy atom. The van der Waals surface area contributed by atoms with Crippen molar-refractivity contribution in [2.75, 3.05) is 16.4 Å². The predicted molar refractivity (Wildman–Crippen MR) is 119 cm³/mol. The maximum absolute atomic E-state index is 12.2. The number of benzene rings is 2. The highest BCUT2D eigenvalue weighted by molar-refractivity contribution is 6.03. The van der Waals surface area contributed by atoms with Crippen LogP contribution < -0.4 is 21.1 Å². The van der Waals surface area contributed by atoms with Crippen LogP contribution in [-0.4, -0.2) is 22.6 Å². The van der Waals surface area contributed by atoms with E-state index in [1.165, 1.54) is 0 Å². The first kappa shape index (κ1) is 21.6. The molecular weight excluding hydrogens is 396 g/mol. The molecule has 0 bridgehead atoms. The third-order valence-corrected chi connectivity index (χ3v) is 3.89. The topological polar surface area (TPSA) is 116 Å². The van der Waals surface area contributed by atoms with Crippen molar-refractivity contribution < 1.29 is 19.1 Å². The van der Waals surface area contributed by atoms with E-state index < -0.39 is 11.7 Å². The van der Waals surface area contributed by atoms with Crippen molar-refractivity contribution in [1.29, 1.82) is 0 Å². The number of nitrogen functional groups attached to an aromatic ring is 1. The summed E-state index contributed by atoms with van der Waals surface area (Å²) in [6.07, 6.45) is 1.02. The third-order valence-electron chi connectivity index (χ3n) is 3.89. The van der Waals surface area contributed by atoms with Crippen LogP contribution in [0.5, 0.6) is 11.5 Å². The molecular formula is C23H24N4O4. The number of anilines is 3. The average Bonchev–Trinajstić information content (AvgIpc) is 2.70. The van der Waals surface area contributed by atoms with Gasteiger partial charge in [0.15, 0.2) is 0 Å². The van der Waals surface area contributed by atoms with Gasteiger partial charge >= 0.3 is 6.09 Å². The molecule has 1 aromatic heterocycles. The summed E-state index contributed by atoms with van der Waals surface area (Å²) in [6, 6.07) is 16.8. The van der Waals surface area contributed by atoms with Crippen LogP contribution in [0, 0.1) is 0 Å². The van der Waals surface area contributed by atoms with Gasteiger partial charge in [0.2, 0.25) is 0 Å². The van der Waals surface area contributed by atoms with Gasteiger partial charge in [-0.15, -0.1) is 0 Å². The predicted octanol–water partition coefficient (Wildman–Crippen LogP) is 5.06. The zero-order valence-electron chi connectivity index (χ0n) is 17.5. The normalized spacial score (nSPS) is 10.8. The van der Waals surface area contributed by atoms with E-state index in [0.717, 1.165) is 0 Å². The molecule has 0 atom stereocenters. The minimum Gasteiger partial charge on any atom is -0.455 e. The smallest absolute Gasteiger partial charge is 0.412 e. The average molecular weight is 420 g/mol. The molecule has 160 valence electrons. The molecule has 0 spiro atoms. The zero-order valence-corrected chi connectivity index (χ0v) is 17.5. The van der Waals surface area contributed by atoms with E-state index in [9.17, 15) is 9.59 Å². The van der Waals surface area contributed by atoms with Crippen molar-refractivity contribution in [2.24, 2.45) is 0 Å². The zero-order chi connectivity index (χ0) is 22.4. The summed E-state index contributed by atoms with van der Waals surface area (Å²) in [5.74, 6) is 0.636. The fraction of sp³-hybridized carbons (Fsp3) is 0.174. The number of nitrogens with two attached hydrogens (primary N) is 1. The molecule has 0 aliphatic heterocycles. The second kappa shape index (κ2) is 9.17. The Hall–Kier alpha value is -4.07. The van der Waals surface area contributed by atoms with Crippen molar-refractivity contribution in [3.8, 4) is 11.5 Å². The molecule has 0 saturated heterocycles. The van der Waals surface area contributed by atoms with E-state index in [1.807, 2.05) is 0 Å². The molecule has 0 saturated carbocycles. The largest absolute Gasteiger partial charge is 0.455 e. The molecule has 8 heteroatoms. The SMILES string of the molecule is CC(C)(C)OC(=O)Nc1ccc(Oc2ccc(NC(=O)c3ccccn3)cc2N)cc1. The first-order valence-electron chi connectivity index (χ1n) is 9.59. The lowest BCUT2D eigenvalue weighted by atomic mass is 10.2. The van der Waals surface area contributed by atoms with Crippen LogP contribution in [-0.2, 0) is 4.74 Å². The van der Waals surface area contributed by atoms with Gasteiger partial charge < -0.3 is 20.5 Å². The summed E-state index contributed by atoms with van der Waals surface area (Å²) in [5, 5.41) is 5.40. The third kappa shape index (κ3) is 6.46. The summed E-state index contributed by atoms with van der Waals surface area (Å²) in [7, 11) is 0. The Morgan fingerprint density at radius 1 is 0.935 bits per heavy atom. The number of ether oxygens (including phenoxy) is 2. The van der Waals surface area contributed by atoms with Gasteiger partial charge in [-0.1, -0.05) is 6.07 Å². The molecule has 3 aromatic rings. The van der Waals surface area contributed by atoms with Gasteiger partial charge in [0.1, 0.15) is 22.8 Å². The van der Waals surface area contributed by atoms with Crippen LogP contribution in [0.1, 0.15) is 31.3 Å². The summed E-state index contributed by atoms with van der Waals surface area (Å²) in [5.41, 5.74) is 7.26. The van der Waals surface area contributed by atoms with Crippen molar-refractivity contribution in [3.05, 3.63) is 72.6 Å². The number of rotatable bonds is 5. The molecule has 2 amide bonds. The summed E-state index contributed by atoms with van der Waals surface area (Å²) >= 11 is 0. The molecule has 2 aromatic carbocycles. The van der Waals surface area contributed by atoms with Crippen LogP contribution in [0.15, 0.2) is 66.9 Å². The lowest BCUT2D eigenvalue weighted by molar-refractivity contribution is 0.0635. The highest BCUT2D eigenvalue weighted by Crippen LogP contribution is 2.30. The monoisotopic (exact) mass is 420 g/mol. The Kier molecular flexibility index (Phi) is 6.40. The molecule has 0 unspecified atom stereocenters. The molecule has 0 radical (unpaired) electrons. The van der Waals surface area contributed by atoms with Gasteiger partial charge in [-0.05, 0) is 75.4 Å². The highest BCUT2D eigenvalue weighted by atomic mass is 16.6. The number of aromatic nitrogens is 1. The molecule has 0 aliphatic carbocycles. The number of hydrogen-bond acceptors (Lipinski definition) is 6. The molecule has 4 N–H and O–H groups in total. The van der Waals surface area contributed by atoms with E-state index in [4.69, 9.17) is 15.2 Å². The van der Waals surface area contributed by atoms with E-state index in [1.54, 1.807) is 87.6 Å². The Morgan fingerprint density at radius 2 is 1.65 bits per heavy atom. The Labute approximate surface area is 180 Å². The number of nitrogens with one attached hydrogen (secondary N) is 2. The van der Waals surface area contributed by atoms with E-state index >= 15 is 0 Å². The lowest BCUT2D eigenvalue weighted by Gasteiger charge is -2.19. The van der Waals surface area contributed by atoms with Gasteiger partial charge in [-0.2, -0.15) is 0 Å². The second-order valence-electron chi connectivity index (χ2n) is 7.68. The molecule has 8 nitrogen and oxygen atoms in total. The first-order valence-corrected chi connectivity index (χ1v) is 9.59. The maximum atomic E-state index is 12.2. The van der Waals surface area contributed by atoms with Gasteiger partial charge in [-0.3, -0.25) is 15.1 Å². The maximum Gasteiger partial charge on any atom is 0.412 e. The standard InChI is InChI=1S/C23H24N4O4/c1-23(2,3)31-22(29)27-15-7-10-17(11-8-15)30-20-12-9-16(14-18(20)24)26-21(28)19-6-4-5-13-25-19/h4-14H,24H2,1-3H3,(H,26,28)(H,27,29). The molecule has 0 aliphatic rings. The van der Waals surface area contributed by atoms with Crippen molar-refractivity contribution in [3.63, 3.8) is 0 Å². The lowest BCUT2D eigenvalue weighted by Crippen LogP contribution is -2.27. The minimum atomic E-state index is -0.575. The van der Waals surface area contributed by atoms with E-state index in [-0.39, 0.29) is 5.91 Å². The Balaban J connectivity index is 1.61. The molecule has 1 heterocycles. The number of carbonyl (C=O) groups is 2.